The predicted molar refractivity (Wildman–Crippen MR) is 90.5 cm³/mol. The lowest BCUT2D eigenvalue weighted by Crippen LogP contribution is -2.49. The van der Waals surface area contributed by atoms with Crippen LogP contribution in [-0.2, 0) is 6.61 Å². The topological polar surface area (TPSA) is 24.5 Å². The number of hydrogen-bond donors (Lipinski definition) is 1. The highest BCUT2D eigenvalue weighted by Gasteiger charge is 2.46. The van der Waals surface area contributed by atoms with Gasteiger partial charge < -0.3 is 10.1 Å². The van der Waals surface area contributed by atoms with Gasteiger partial charge in [0.15, 0.2) is 0 Å². The molecule has 0 aliphatic carbocycles. The number of hydrogen-bond acceptors (Lipinski definition) is 3. The van der Waals surface area contributed by atoms with E-state index in [4.69, 9.17) is 4.74 Å². The SMILES string of the molecule is FC(F)(F)[C@@H](c1ccccc1OCc1ccccc1)N1CCNCC1. The lowest BCUT2D eigenvalue weighted by Gasteiger charge is -2.36. The van der Waals surface area contributed by atoms with E-state index in [1.165, 1.54) is 11.0 Å². The van der Waals surface area contributed by atoms with Gasteiger partial charge in [-0.15, -0.1) is 0 Å². The van der Waals surface area contributed by atoms with Gasteiger partial charge in [0.05, 0.1) is 0 Å². The minimum atomic E-state index is -4.36. The third kappa shape index (κ3) is 4.52. The van der Waals surface area contributed by atoms with Crippen LogP contribution in [0.5, 0.6) is 5.75 Å². The number of ether oxygens (including phenoxy) is 1. The van der Waals surface area contributed by atoms with E-state index in [1.807, 2.05) is 30.3 Å². The van der Waals surface area contributed by atoms with Crippen LogP contribution in [0.4, 0.5) is 13.2 Å². The Morgan fingerprint density at radius 1 is 0.960 bits per heavy atom. The molecule has 0 amide bonds. The third-order valence-corrected chi connectivity index (χ3v) is 4.28. The van der Waals surface area contributed by atoms with Crippen molar-refractivity contribution in [2.24, 2.45) is 0 Å². The highest BCUT2D eigenvalue weighted by Crippen LogP contribution is 2.41. The first-order valence-electron chi connectivity index (χ1n) is 8.33. The number of piperazine rings is 1. The maximum atomic E-state index is 13.8. The minimum Gasteiger partial charge on any atom is -0.489 e. The lowest BCUT2D eigenvalue weighted by molar-refractivity contribution is -0.188. The number of para-hydroxylation sites is 1. The maximum absolute atomic E-state index is 13.8. The highest BCUT2D eigenvalue weighted by atomic mass is 19.4. The summed E-state index contributed by atoms with van der Waals surface area (Å²) in [4.78, 5) is 1.47. The van der Waals surface area contributed by atoms with E-state index in [-0.39, 0.29) is 17.9 Å². The van der Waals surface area contributed by atoms with Crippen LogP contribution < -0.4 is 10.1 Å². The summed E-state index contributed by atoms with van der Waals surface area (Å²) < 4.78 is 47.2. The molecule has 0 saturated carbocycles. The number of rotatable bonds is 5. The largest absolute Gasteiger partial charge is 0.489 e. The van der Waals surface area contributed by atoms with Gasteiger partial charge in [-0.3, -0.25) is 4.90 Å². The molecule has 6 heteroatoms. The van der Waals surface area contributed by atoms with Crippen LogP contribution in [0.1, 0.15) is 17.2 Å². The van der Waals surface area contributed by atoms with E-state index in [1.54, 1.807) is 18.2 Å². The number of benzene rings is 2. The molecule has 1 atom stereocenters. The van der Waals surface area contributed by atoms with Crippen molar-refractivity contribution >= 4 is 0 Å². The molecule has 2 aromatic rings. The van der Waals surface area contributed by atoms with Gasteiger partial charge in [0, 0.05) is 31.7 Å². The van der Waals surface area contributed by atoms with Gasteiger partial charge in [-0.1, -0.05) is 48.5 Å². The summed E-state index contributed by atoms with van der Waals surface area (Å²) in [5.74, 6) is 0.284. The van der Waals surface area contributed by atoms with Crippen LogP contribution >= 0.6 is 0 Å². The Labute approximate surface area is 145 Å². The van der Waals surface area contributed by atoms with Crippen molar-refractivity contribution in [3.05, 3.63) is 65.7 Å². The molecule has 2 aromatic carbocycles. The van der Waals surface area contributed by atoms with Crippen molar-refractivity contribution in [1.82, 2.24) is 10.2 Å². The molecule has 0 spiro atoms. The summed E-state index contributed by atoms with van der Waals surface area (Å²) in [6.45, 7) is 2.07. The van der Waals surface area contributed by atoms with E-state index >= 15 is 0 Å². The molecule has 1 fully saturated rings. The molecule has 0 bridgehead atoms. The molecule has 0 unspecified atom stereocenters. The zero-order valence-corrected chi connectivity index (χ0v) is 13.8. The molecule has 0 radical (unpaired) electrons. The average molecular weight is 350 g/mol. The van der Waals surface area contributed by atoms with Crippen molar-refractivity contribution in [2.75, 3.05) is 26.2 Å². The first-order chi connectivity index (χ1) is 12.1. The quantitative estimate of drug-likeness (QED) is 0.888. The molecule has 1 saturated heterocycles. The summed E-state index contributed by atoms with van der Waals surface area (Å²) in [6.07, 6.45) is -4.36. The van der Waals surface area contributed by atoms with Crippen molar-refractivity contribution in [3.8, 4) is 5.75 Å². The van der Waals surface area contributed by atoms with Gasteiger partial charge in [0.2, 0.25) is 0 Å². The molecule has 3 nitrogen and oxygen atoms in total. The summed E-state index contributed by atoms with van der Waals surface area (Å²) >= 11 is 0. The van der Waals surface area contributed by atoms with Crippen LogP contribution in [0.2, 0.25) is 0 Å². The van der Waals surface area contributed by atoms with Gasteiger partial charge in [0.25, 0.3) is 0 Å². The second-order valence-corrected chi connectivity index (χ2v) is 6.04. The van der Waals surface area contributed by atoms with Crippen LogP contribution in [0, 0.1) is 0 Å². The number of nitrogens with zero attached hydrogens (tertiary/aromatic N) is 1. The van der Waals surface area contributed by atoms with E-state index in [0.29, 0.717) is 26.2 Å². The van der Waals surface area contributed by atoms with Crippen LogP contribution in [0.3, 0.4) is 0 Å². The van der Waals surface area contributed by atoms with Gasteiger partial charge >= 0.3 is 6.18 Å². The summed E-state index contributed by atoms with van der Waals surface area (Å²) in [6, 6.07) is 14.2. The van der Waals surface area contributed by atoms with Gasteiger partial charge in [0.1, 0.15) is 18.4 Å². The zero-order valence-electron chi connectivity index (χ0n) is 13.8. The highest BCUT2D eigenvalue weighted by molar-refractivity contribution is 5.37. The normalized spacial score (nSPS) is 17.2. The van der Waals surface area contributed by atoms with Crippen LogP contribution in [0.15, 0.2) is 54.6 Å². The fourth-order valence-corrected chi connectivity index (χ4v) is 3.09. The van der Waals surface area contributed by atoms with E-state index in [2.05, 4.69) is 5.32 Å². The lowest BCUT2D eigenvalue weighted by atomic mass is 10.0. The zero-order chi connectivity index (χ0) is 17.7. The smallest absolute Gasteiger partial charge is 0.408 e. The van der Waals surface area contributed by atoms with Crippen molar-refractivity contribution in [1.29, 1.82) is 0 Å². The number of alkyl halides is 3. The molecular weight excluding hydrogens is 329 g/mol. The summed E-state index contributed by atoms with van der Waals surface area (Å²) in [5, 5.41) is 3.09. The van der Waals surface area contributed by atoms with Crippen molar-refractivity contribution in [2.45, 2.75) is 18.8 Å². The first kappa shape index (κ1) is 17.8. The standard InChI is InChI=1S/C19H21F3N2O/c20-19(21,22)18(24-12-10-23-11-13-24)16-8-4-5-9-17(16)25-14-15-6-2-1-3-7-15/h1-9,18,23H,10-14H2/t18-/m1/s1. The maximum Gasteiger partial charge on any atom is 0.408 e. The van der Waals surface area contributed by atoms with Crippen LogP contribution in [0.25, 0.3) is 0 Å². The minimum absolute atomic E-state index is 0.174. The fourth-order valence-electron chi connectivity index (χ4n) is 3.09. The molecule has 1 aliphatic heterocycles. The Balaban J connectivity index is 1.85. The van der Waals surface area contributed by atoms with E-state index in [9.17, 15) is 13.2 Å². The van der Waals surface area contributed by atoms with Gasteiger partial charge in [-0.25, -0.2) is 0 Å². The van der Waals surface area contributed by atoms with E-state index < -0.39 is 12.2 Å². The Bertz CT molecular complexity index is 670. The molecule has 0 aromatic heterocycles. The third-order valence-electron chi connectivity index (χ3n) is 4.28. The van der Waals surface area contributed by atoms with Crippen molar-refractivity contribution < 1.29 is 17.9 Å². The van der Waals surface area contributed by atoms with Crippen LogP contribution in [-0.4, -0.2) is 37.3 Å². The molecule has 1 N–H and O–H groups in total. The Morgan fingerprint density at radius 3 is 2.28 bits per heavy atom. The first-order valence-corrected chi connectivity index (χ1v) is 8.33. The second-order valence-electron chi connectivity index (χ2n) is 6.04. The summed E-state index contributed by atoms with van der Waals surface area (Å²) in [5.41, 5.74) is 1.09. The molecular formula is C19H21F3N2O. The molecule has 134 valence electrons. The van der Waals surface area contributed by atoms with Crippen molar-refractivity contribution in [3.63, 3.8) is 0 Å². The van der Waals surface area contributed by atoms with Gasteiger partial charge in [-0.05, 0) is 11.6 Å². The van der Waals surface area contributed by atoms with Gasteiger partial charge in [-0.2, -0.15) is 13.2 Å². The summed E-state index contributed by atoms with van der Waals surface area (Å²) in [7, 11) is 0. The Hall–Kier alpha value is -2.05. The predicted octanol–water partition coefficient (Wildman–Crippen LogP) is 3.77. The van der Waals surface area contributed by atoms with E-state index in [0.717, 1.165) is 5.56 Å². The monoisotopic (exact) mass is 350 g/mol. The number of halogens is 3. The Morgan fingerprint density at radius 2 is 1.60 bits per heavy atom. The molecule has 25 heavy (non-hydrogen) atoms. The molecule has 3 rings (SSSR count). The average Bonchev–Trinajstić information content (AvgIpc) is 2.62. The molecule has 1 heterocycles. The number of nitrogens with one attached hydrogen (secondary N) is 1. The second kappa shape index (κ2) is 7.89. The Kier molecular flexibility index (Phi) is 5.60. The fraction of sp³-hybridized carbons (Fsp3) is 0.368. The molecule has 1 aliphatic rings.